The number of rotatable bonds is 7. The molecule has 29 heavy (non-hydrogen) atoms. The Kier molecular flexibility index (Phi) is 6.68. The summed E-state index contributed by atoms with van der Waals surface area (Å²) in [6, 6.07) is 4.25. The molecule has 0 saturated carbocycles. The fourth-order valence-electron chi connectivity index (χ4n) is 2.82. The molecule has 0 unspecified atom stereocenters. The Morgan fingerprint density at radius 2 is 1.69 bits per heavy atom. The van der Waals surface area contributed by atoms with Crippen LogP contribution in [-0.2, 0) is 23.0 Å². The Bertz CT molecular complexity index is 953. The van der Waals surface area contributed by atoms with Crippen LogP contribution in [0.1, 0.15) is 19.4 Å². The smallest absolute Gasteiger partial charge is 0.346 e. The molecule has 0 spiro atoms. The molecule has 2 radical (unpaired) electrons. The van der Waals surface area contributed by atoms with Crippen molar-refractivity contribution in [3.8, 4) is 0 Å². The highest BCUT2D eigenvalue weighted by molar-refractivity contribution is 7.90. The van der Waals surface area contributed by atoms with E-state index in [4.69, 9.17) is 7.85 Å². The number of alkyl halides is 6. The maximum atomic E-state index is 13.0. The molecule has 0 bridgehead atoms. The minimum atomic E-state index is -5.47. The van der Waals surface area contributed by atoms with Crippen molar-refractivity contribution in [3.05, 3.63) is 30.0 Å². The van der Waals surface area contributed by atoms with Crippen molar-refractivity contribution in [1.29, 1.82) is 0 Å². The molecular formula is C17H19BF6N2O2S. The topological polar surface area (TPSA) is 51.1 Å². The van der Waals surface area contributed by atoms with Crippen molar-refractivity contribution in [3.63, 3.8) is 0 Å². The average Bonchev–Trinajstić information content (AvgIpc) is 2.87. The van der Waals surface area contributed by atoms with E-state index >= 15 is 0 Å². The summed E-state index contributed by atoms with van der Waals surface area (Å²) in [6.45, 7) is 1.55. The summed E-state index contributed by atoms with van der Waals surface area (Å²) in [4.78, 5) is 0. The molecule has 0 aliphatic rings. The van der Waals surface area contributed by atoms with Crippen molar-refractivity contribution < 1.29 is 34.8 Å². The van der Waals surface area contributed by atoms with E-state index in [1.54, 1.807) is 0 Å². The summed E-state index contributed by atoms with van der Waals surface area (Å²) >= 11 is 0. The maximum Gasteiger partial charge on any atom is 0.402 e. The van der Waals surface area contributed by atoms with E-state index in [0.29, 0.717) is 10.9 Å². The molecule has 1 aromatic carbocycles. The molecule has 0 fully saturated rings. The van der Waals surface area contributed by atoms with Crippen molar-refractivity contribution in [2.45, 2.75) is 44.4 Å². The van der Waals surface area contributed by atoms with Gasteiger partial charge in [-0.25, -0.2) is 13.1 Å². The lowest BCUT2D eigenvalue weighted by Gasteiger charge is -2.23. The van der Waals surface area contributed by atoms with Gasteiger partial charge in [0.25, 0.3) is 0 Å². The quantitative estimate of drug-likeness (QED) is 0.532. The minimum absolute atomic E-state index is 0.0496. The zero-order valence-corrected chi connectivity index (χ0v) is 16.4. The Labute approximate surface area is 165 Å². The predicted molar refractivity (Wildman–Crippen MR) is 98.7 cm³/mol. The van der Waals surface area contributed by atoms with Gasteiger partial charge in [-0.05, 0) is 31.9 Å². The van der Waals surface area contributed by atoms with Gasteiger partial charge in [0.1, 0.15) is 7.85 Å². The SMILES string of the molecule is [B]c1ccc2c(CCNS(=O)(=O)C(C)C)cn(CC(C(F)(F)F)C(F)(F)F)c2c1. The fraction of sp³-hybridized carbons (Fsp3) is 0.529. The zero-order chi connectivity index (χ0) is 22.2. The third kappa shape index (κ3) is 5.68. The number of fused-ring (bicyclic) bond motifs is 1. The Morgan fingerprint density at radius 3 is 2.21 bits per heavy atom. The van der Waals surface area contributed by atoms with Crippen molar-refractivity contribution in [2.75, 3.05) is 6.54 Å². The Hall–Kier alpha value is -1.69. The van der Waals surface area contributed by atoms with Crippen molar-refractivity contribution >= 4 is 34.2 Å². The van der Waals surface area contributed by atoms with Gasteiger partial charge >= 0.3 is 12.4 Å². The first-order chi connectivity index (χ1) is 13.1. The van der Waals surface area contributed by atoms with Gasteiger partial charge in [-0.1, -0.05) is 17.6 Å². The Balaban J connectivity index is 2.38. The molecule has 1 heterocycles. The van der Waals surface area contributed by atoms with Crippen LogP contribution in [0.5, 0.6) is 0 Å². The van der Waals surface area contributed by atoms with E-state index in [2.05, 4.69) is 4.72 Å². The highest BCUT2D eigenvalue weighted by atomic mass is 32.2. The molecule has 0 amide bonds. The summed E-state index contributed by atoms with van der Waals surface area (Å²) in [6.07, 6.45) is -9.68. The minimum Gasteiger partial charge on any atom is -0.346 e. The third-order valence-electron chi connectivity index (χ3n) is 4.48. The molecule has 12 heteroatoms. The van der Waals surface area contributed by atoms with Gasteiger partial charge in [-0.3, -0.25) is 0 Å². The van der Waals surface area contributed by atoms with Crippen LogP contribution in [0.2, 0.25) is 0 Å². The van der Waals surface area contributed by atoms with E-state index in [-0.39, 0.29) is 23.9 Å². The molecule has 0 atom stereocenters. The number of hydrogen-bond donors (Lipinski definition) is 1. The molecule has 0 aliphatic heterocycles. The highest BCUT2D eigenvalue weighted by Gasteiger charge is 2.56. The molecule has 0 aliphatic carbocycles. The lowest BCUT2D eigenvalue weighted by atomic mass is 9.94. The Morgan fingerprint density at radius 1 is 1.10 bits per heavy atom. The normalized spacial score (nSPS) is 13.7. The maximum absolute atomic E-state index is 13.0. The van der Waals surface area contributed by atoms with E-state index < -0.39 is 40.1 Å². The van der Waals surface area contributed by atoms with Crippen LogP contribution in [0.25, 0.3) is 10.9 Å². The monoisotopic (exact) mass is 440 g/mol. The second kappa shape index (κ2) is 8.21. The first-order valence-corrected chi connectivity index (χ1v) is 10.2. The molecule has 160 valence electrons. The van der Waals surface area contributed by atoms with Crippen LogP contribution in [0, 0.1) is 5.92 Å². The zero-order valence-electron chi connectivity index (χ0n) is 15.6. The van der Waals surface area contributed by atoms with E-state index in [1.165, 1.54) is 38.2 Å². The van der Waals surface area contributed by atoms with Crippen molar-refractivity contribution in [1.82, 2.24) is 9.29 Å². The van der Waals surface area contributed by atoms with E-state index in [0.717, 1.165) is 4.57 Å². The van der Waals surface area contributed by atoms with E-state index in [9.17, 15) is 34.8 Å². The van der Waals surface area contributed by atoms with Crippen LogP contribution in [0.3, 0.4) is 0 Å². The largest absolute Gasteiger partial charge is 0.402 e. The van der Waals surface area contributed by atoms with Crippen LogP contribution < -0.4 is 10.2 Å². The molecule has 2 aromatic rings. The van der Waals surface area contributed by atoms with Gasteiger partial charge in [0.05, 0.1) is 5.25 Å². The molecule has 4 nitrogen and oxygen atoms in total. The summed E-state index contributed by atoms with van der Waals surface area (Å²) < 4.78 is 105. The predicted octanol–water partition coefficient (Wildman–Crippen LogP) is 3.05. The summed E-state index contributed by atoms with van der Waals surface area (Å²) in [5, 5.41) is -0.269. The van der Waals surface area contributed by atoms with Gasteiger partial charge in [0, 0.05) is 30.2 Å². The standard InChI is InChI=1S/C17H19BF6N2O2S/c1-10(2)29(27,28)25-6-5-11-8-26(14-7-12(18)3-4-13(11)14)9-15(16(19,20)21)17(22,23)24/h3-4,7-8,10,15,25H,5-6,9H2,1-2H3. The summed E-state index contributed by atoms with van der Waals surface area (Å²) in [7, 11) is 2.09. The highest BCUT2D eigenvalue weighted by Crippen LogP contribution is 2.41. The lowest BCUT2D eigenvalue weighted by molar-refractivity contribution is -0.287. The van der Waals surface area contributed by atoms with E-state index in [1.807, 2.05) is 0 Å². The number of hydrogen-bond acceptors (Lipinski definition) is 2. The third-order valence-corrected chi connectivity index (χ3v) is 6.32. The molecule has 0 saturated heterocycles. The second-order valence-corrected chi connectivity index (χ2v) is 9.28. The molecule has 1 aromatic heterocycles. The summed E-state index contributed by atoms with van der Waals surface area (Å²) in [5.74, 6) is -3.54. The van der Waals surface area contributed by atoms with Crippen LogP contribution in [0.4, 0.5) is 26.3 Å². The number of halogens is 6. The summed E-state index contributed by atoms with van der Waals surface area (Å²) in [5.41, 5.74) is 0.708. The van der Waals surface area contributed by atoms with Gasteiger partial charge in [0.2, 0.25) is 10.0 Å². The van der Waals surface area contributed by atoms with Gasteiger partial charge < -0.3 is 4.57 Å². The van der Waals surface area contributed by atoms with Crippen LogP contribution >= 0.6 is 0 Å². The van der Waals surface area contributed by atoms with Gasteiger partial charge in [-0.15, -0.1) is 0 Å². The first-order valence-electron chi connectivity index (χ1n) is 8.62. The van der Waals surface area contributed by atoms with Crippen LogP contribution in [0.15, 0.2) is 24.4 Å². The fourth-order valence-corrected chi connectivity index (χ4v) is 3.54. The van der Waals surface area contributed by atoms with Crippen LogP contribution in [-0.4, -0.2) is 45.0 Å². The number of aromatic nitrogens is 1. The lowest BCUT2D eigenvalue weighted by Crippen LogP contribution is -2.39. The number of sulfonamides is 1. The van der Waals surface area contributed by atoms with Crippen molar-refractivity contribution in [2.24, 2.45) is 5.92 Å². The molecule has 1 N–H and O–H groups in total. The average molecular weight is 440 g/mol. The second-order valence-electron chi connectivity index (χ2n) is 6.96. The van der Waals surface area contributed by atoms with Gasteiger partial charge in [0.15, 0.2) is 5.92 Å². The molecule has 2 rings (SSSR count). The number of nitrogens with one attached hydrogen (secondary N) is 1. The first kappa shape index (κ1) is 23.6. The molecular weight excluding hydrogens is 421 g/mol. The number of nitrogens with zero attached hydrogens (tertiary/aromatic N) is 1. The number of benzene rings is 1. The van der Waals surface area contributed by atoms with Gasteiger partial charge in [-0.2, -0.15) is 26.3 Å².